The van der Waals surface area contributed by atoms with Crippen LogP contribution in [0.3, 0.4) is 0 Å². The largest absolute Gasteiger partial charge is 0.496 e. The molecular weight excluding hydrogens is 472 g/mol. The number of nitrogens with zero attached hydrogens (tertiary/aromatic N) is 2. The van der Waals surface area contributed by atoms with Gasteiger partial charge in [-0.1, -0.05) is 54.1 Å². The molecule has 0 fully saturated rings. The van der Waals surface area contributed by atoms with Crippen molar-refractivity contribution < 1.29 is 14.3 Å². The van der Waals surface area contributed by atoms with Crippen LogP contribution in [0.15, 0.2) is 91.0 Å². The van der Waals surface area contributed by atoms with Gasteiger partial charge in [-0.3, -0.25) is 9.59 Å². The van der Waals surface area contributed by atoms with Gasteiger partial charge in [0.1, 0.15) is 5.75 Å². The minimum absolute atomic E-state index is 0.0842. The zero-order chi connectivity index (χ0) is 25.2. The van der Waals surface area contributed by atoms with Crippen LogP contribution in [0.1, 0.15) is 37.4 Å². The number of fused-ring (bicyclic) bond motifs is 2. The lowest BCUT2D eigenvalue weighted by molar-refractivity contribution is 0.0981. The van der Waals surface area contributed by atoms with Crippen molar-refractivity contribution in [2.75, 3.05) is 24.0 Å². The molecule has 0 spiro atoms. The molecule has 5 nitrogen and oxygen atoms in total. The molecule has 4 aromatic carbocycles. The minimum Gasteiger partial charge on any atom is -0.496 e. The smallest absolute Gasteiger partial charge is 0.261 e. The highest BCUT2D eigenvalue weighted by molar-refractivity contribution is 6.31. The van der Waals surface area contributed by atoms with Crippen LogP contribution in [0, 0.1) is 0 Å². The Morgan fingerprint density at radius 1 is 0.861 bits per heavy atom. The number of hydrogen-bond donors (Lipinski definition) is 0. The van der Waals surface area contributed by atoms with Crippen LogP contribution in [0.25, 0.3) is 0 Å². The van der Waals surface area contributed by atoms with Gasteiger partial charge in [0.15, 0.2) is 0 Å². The molecule has 1 aliphatic rings. The van der Waals surface area contributed by atoms with E-state index < -0.39 is 0 Å². The number of amides is 2. The van der Waals surface area contributed by atoms with Crippen molar-refractivity contribution >= 4 is 34.8 Å². The molecule has 0 unspecified atom stereocenters. The fraction of sp³-hybridized carbons (Fsp3) is 0.133. The summed E-state index contributed by atoms with van der Waals surface area (Å²) in [6.07, 6.45) is 0.788. The van der Waals surface area contributed by atoms with Crippen molar-refractivity contribution in [2.24, 2.45) is 0 Å². The van der Waals surface area contributed by atoms with Gasteiger partial charge >= 0.3 is 0 Å². The third-order valence-electron chi connectivity index (χ3n) is 6.56. The maximum absolute atomic E-state index is 13.7. The first kappa shape index (κ1) is 23.6. The molecule has 0 saturated carbocycles. The van der Waals surface area contributed by atoms with E-state index >= 15 is 0 Å². The summed E-state index contributed by atoms with van der Waals surface area (Å²) in [5, 5.41) is 0.492. The average molecular weight is 497 g/mol. The lowest BCUT2D eigenvalue weighted by Gasteiger charge is -2.24. The number of carbonyl (C=O) groups is 2. The Morgan fingerprint density at radius 3 is 2.25 bits per heavy atom. The molecule has 5 rings (SSSR count). The average Bonchev–Trinajstić information content (AvgIpc) is 3.08. The predicted molar refractivity (Wildman–Crippen MR) is 143 cm³/mol. The predicted octanol–water partition coefficient (Wildman–Crippen LogP) is 6.38. The van der Waals surface area contributed by atoms with E-state index in [9.17, 15) is 9.59 Å². The Kier molecular flexibility index (Phi) is 6.49. The second-order valence-electron chi connectivity index (χ2n) is 8.72. The molecule has 6 heteroatoms. The zero-order valence-corrected chi connectivity index (χ0v) is 20.8. The summed E-state index contributed by atoms with van der Waals surface area (Å²) in [7, 11) is 3.19. The summed E-state index contributed by atoms with van der Waals surface area (Å²) in [6, 6.07) is 28.3. The van der Waals surface area contributed by atoms with E-state index in [4.69, 9.17) is 16.3 Å². The Bertz CT molecular complexity index is 1450. The van der Waals surface area contributed by atoms with E-state index in [2.05, 4.69) is 18.2 Å². The van der Waals surface area contributed by atoms with Gasteiger partial charge in [-0.05, 0) is 71.6 Å². The Balaban J connectivity index is 1.42. The van der Waals surface area contributed by atoms with Crippen LogP contribution >= 0.6 is 11.6 Å². The molecule has 1 heterocycles. The first-order chi connectivity index (χ1) is 17.5. The van der Waals surface area contributed by atoms with Crippen LogP contribution in [0.4, 0.5) is 11.4 Å². The molecule has 2 amide bonds. The van der Waals surface area contributed by atoms with Gasteiger partial charge in [0, 0.05) is 29.0 Å². The Labute approximate surface area is 215 Å². The molecule has 0 saturated heterocycles. The van der Waals surface area contributed by atoms with Crippen LogP contribution in [-0.4, -0.2) is 26.0 Å². The van der Waals surface area contributed by atoms with E-state index in [0.29, 0.717) is 34.1 Å². The second-order valence-corrected chi connectivity index (χ2v) is 9.16. The second kappa shape index (κ2) is 9.88. The maximum Gasteiger partial charge on any atom is 0.261 e. The number of para-hydroxylation sites is 1. The van der Waals surface area contributed by atoms with E-state index in [1.807, 2.05) is 35.2 Å². The molecule has 0 aliphatic carbocycles. The van der Waals surface area contributed by atoms with Gasteiger partial charge in [0.25, 0.3) is 11.8 Å². The Morgan fingerprint density at radius 2 is 1.53 bits per heavy atom. The third kappa shape index (κ3) is 4.45. The molecule has 0 atom stereocenters. The highest BCUT2D eigenvalue weighted by Crippen LogP contribution is 2.32. The molecule has 36 heavy (non-hydrogen) atoms. The minimum atomic E-state index is -0.236. The summed E-state index contributed by atoms with van der Waals surface area (Å²) in [5.41, 5.74) is 6.03. The van der Waals surface area contributed by atoms with Crippen LogP contribution in [-0.2, 0) is 13.0 Å². The van der Waals surface area contributed by atoms with Crippen molar-refractivity contribution in [3.05, 3.63) is 124 Å². The quantitative estimate of drug-likeness (QED) is 0.329. The monoisotopic (exact) mass is 496 g/mol. The van der Waals surface area contributed by atoms with Gasteiger partial charge in [0.05, 0.1) is 19.2 Å². The Hall–Kier alpha value is -4.09. The van der Waals surface area contributed by atoms with Crippen molar-refractivity contribution in [2.45, 2.75) is 13.0 Å². The number of halogens is 1. The van der Waals surface area contributed by atoms with E-state index in [1.54, 1.807) is 49.5 Å². The SMILES string of the molecule is COc1cc(Cl)ccc1C(=O)N(C)c1ccc(C(=O)N2Cc3ccccc3Cc3ccccc32)cc1. The first-order valence-electron chi connectivity index (χ1n) is 11.6. The molecule has 180 valence electrons. The molecule has 4 aromatic rings. The molecular formula is C30H25ClN2O3. The number of methoxy groups -OCH3 is 1. The normalized spacial score (nSPS) is 12.2. The highest BCUT2D eigenvalue weighted by Gasteiger charge is 2.25. The summed E-state index contributed by atoms with van der Waals surface area (Å²) in [4.78, 5) is 30.2. The summed E-state index contributed by atoms with van der Waals surface area (Å²) >= 11 is 6.04. The van der Waals surface area contributed by atoms with Crippen molar-refractivity contribution in [3.63, 3.8) is 0 Å². The lowest BCUT2D eigenvalue weighted by atomic mass is 10.0. The molecule has 0 N–H and O–H groups in total. The van der Waals surface area contributed by atoms with Gasteiger partial charge < -0.3 is 14.5 Å². The highest BCUT2D eigenvalue weighted by atomic mass is 35.5. The number of hydrogen-bond acceptors (Lipinski definition) is 3. The summed E-state index contributed by atoms with van der Waals surface area (Å²) < 4.78 is 5.33. The van der Waals surface area contributed by atoms with E-state index in [1.165, 1.54) is 17.6 Å². The number of ether oxygens (including phenoxy) is 1. The molecule has 0 radical (unpaired) electrons. The molecule has 1 aliphatic heterocycles. The topological polar surface area (TPSA) is 49.9 Å². The molecule has 0 aromatic heterocycles. The fourth-order valence-electron chi connectivity index (χ4n) is 4.57. The number of benzene rings is 4. The van der Waals surface area contributed by atoms with E-state index in [0.717, 1.165) is 23.2 Å². The van der Waals surface area contributed by atoms with E-state index in [-0.39, 0.29) is 11.8 Å². The fourth-order valence-corrected chi connectivity index (χ4v) is 4.73. The standard InChI is InChI=1S/C30H25ClN2O3/c1-32(30(35)26-16-13-24(31)18-28(26)36-2)25-14-11-20(12-15-25)29(34)33-19-23-9-4-3-7-21(23)17-22-8-5-6-10-27(22)33/h3-16,18H,17,19H2,1-2H3. The lowest BCUT2D eigenvalue weighted by Crippen LogP contribution is -2.30. The maximum atomic E-state index is 13.7. The van der Waals surface area contributed by atoms with Crippen LogP contribution < -0.4 is 14.5 Å². The van der Waals surface area contributed by atoms with Gasteiger partial charge in [0.2, 0.25) is 0 Å². The van der Waals surface area contributed by atoms with Crippen molar-refractivity contribution in [3.8, 4) is 5.75 Å². The van der Waals surface area contributed by atoms with Gasteiger partial charge in [-0.2, -0.15) is 0 Å². The van der Waals surface area contributed by atoms with Crippen molar-refractivity contribution in [1.29, 1.82) is 0 Å². The number of carbonyl (C=O) groups excluding carboxylic acids is 2. The molecule has 0 bridgehead atoms. The zero-order valence-electron chi connectivity index (χ0n) is 20.1. The van der Waals surface area contributed by atoms with Crippen LogP contribution in [0.5, 0.6) is 5.75 Å². The van der Waals surface area contributed by atoms with Gasteiger partial charge in [-0.15, -0.1) is 0 Å². The third-order valence-corrected chi connectivity index (χ3v) is 6.79. The summed E-state index contributed by atoms with van der Waals surface area (Å²) in [6.45, 7) is 0.503. The summed E-state index contributed by atoms with van der Waals surface area (Å²) in [5.74, 6) is 0.0888. The van der Waals surface area contributed by atoms with Gasteiger partial charge in [-0.25, -0.2) is 0 Å². The first-order valence-corrected chi connectivity index (χ1v) is 12.0. The number of rotatable bonds is 4. The van der Waals surface area contributed by atoms with Crippen LogP contribution in [0.2, 0.25) is 5.02 Å². The van der Waals surface area contributed by atoms with Crippen molar-refractivity contribution in [1.82, 2.24) is 0 Å². The number of anilines is 2.